The normalized spacial score (nSPS) is 23.7. The average molecular weight is 509 g/mol. The van der Waals surface area contributed by atoms with Crippen LogP contribution < -0.4 is 10.1 Å². The Kier molecular flexibility index (Phi) is 7.96. The van der Waals surface area contributed by atoms with Crippen LogP contribution in [0.1, 0.15) is 27.7 Å². The molecule has 2 aliphatic rings. The van der Waals surface area contributed by atoms with Gasteiger partial charge >= 0.3 is 11.9 Å². The lowest BCUT2D eigenvalue weighted by molar-refractivity contribution is -0.175. The van der Waals surface area contributed by atoms with Crippen molar-refractivity contribution < 1.29 is 42.3 Å². The second-order valence-electron chi connectivity index (χ2n) is 8.90. The van der Waals surface area contributed by atoms with E-state index in [4.69, 9.17) is 18.9 Å². The number of benzene rings is 1. The number of fused-ring (bicyclic) bond motifs is 1. The first-order valence-corrected chi connectivity index (χ1v) is 12.0. The summed E-state index contributed by atoms with van der Waals surface area (Å²) < 4.78 is 33.8. The van der Waals surface area contributed by atoms with Crippen LogP contribution in [-0.4, -0.2) is 70.2 Å². The van der Waals surface area contributed by atoms with Crippen LogP contribution in [0.15, 0.2) is 41.6 Å². The third-order valence-electron chi connectivity index (χ3n) is 5.32. The summed E-state index contributed by atoms with van der Waals surface area (Å²) in [5, 5.41) is 0.497. The molecule has 1 aromatic carbocycles. The van der Waals surface area contributed by atoms with E-state index in [1.807, 2.05) is 0 Å². The summed E-state index contributed by atoms with van der Waals surface area (Å²) in [6.45, 7) is 5.36. The number of nitrogens with one attached hydrogen (secondary N) is 1. The van der Waals surface area contributed by atoms with E-state index in [-0.39, 0.29) is 17.9 Å². The molecule has 2 aliphatic heterocycles. The maximum atomic E-state index is 13.2. The molecule has 3 rings (SSSR count). The van der Waals surface area contributed by atoms with Gasteiger partial charge in [0.15, 0.2) is 18.1 Å². The number of methoxy groups -OCH3 is 1. The number of carbonyl (C=O) groups is 4. The smallest absolute Gasteiger partial charge is 0.358 e. The number of rotatable bonds is 8. The lowest BCUT2D eigenvalue weighted by Crippen LogP contribution is -2.71. The van der Waals surface area contributed by atoms with Gasteiger partial charge in [0.05, 0.1) is 16.2 Å². The van der Waals surface area contributed by atoms with Gasteiger partial charge in [-0.15, -0.1) is 0 Å². The van der Waals surface area contributed by atoms with Crippen molar-refractivity contribution in [3.63, 3.8) is 0 Å². The van der Waals surface area contributed by atoms with E-state index in [0.29, 0.717) is 5.75 Å². The van der Waals surface area contributed by atoms with E-state index in [2.05, 4.69) is 5.32 Å². The van der Waals surface area contributed by atoms with Crippen molar-refractivity contribution in [1.82, 2.24) is 10.2 Å². The average Bonchev–Trinajstić information content (AvgIpc) is 2.81. The Morgan fingerprint density at radius 1 is 1.11 bits per heavy atom. The third kappa shape index (κ3) is 5.54. The molecule has 11 nitrogen and oxygen atoms in total. The predicted molar refractivity (Wildman–Crippen MR) is 123 cm³/mol. The SMILES string of the molecule is COC1C(=O)N2C(C(=O)OCOC(=O)C(C)(C)C)=C(C)C(NC(=O)COc3ccccc3)S(=O)[C@H]12. The van der Waals surface area contributed by atoms with Crippen molar-refractivity contribution >= 4 is 34.6 Å². The highest BCUT2D eigenvalue weighted by atomic mass is 32.2. The molecular formula is C23H28N2O9S. The van der Waals surface area contributed by atoms with Crippen LogP contribution in [0.4, 0.5) is 0 Å². The number of nitrogens with zero attached hydrogens (tertiary/aromatic N) is 1. The van der Waals surface area contributed by atoms with Crippen molar-refractivity contribution in [3.05, 3.63) is 41.6 Å². The first-order chi connectivity index (χ1) is 16.5. The zero-order valence-corrected chi connectivity index (χ0v) is 20.9. The Morgan fingerprint density at radius 2 is 1.77 bits per heavy atom. The summed E-state index contributed by atoms with van der Waals surface area (Å²) in [4.78, 5) is 50.9. The molecule has 1 saturated heterocycles. The molecule has 35 heavy (non-hydrogen) atoms. The number of para-hydroxylation sites is 1. The lowest BCUT2D eigenvalue weighted by Gasteiger charge is -2.50. The Labute approximate surface area is 205 Å². The van der Waals surface area contributed by atoms with Crippen molar-refractivity contribution in [2.24, 2.45) is 5.41 Å². The molecule has 0 spiro atoms. The topological polar surface area (TPSA) is 138 Å². The largest absolute Gasteiger partial charge is 0.484 e. The number of hydrogen-bond acceptors (Lipinski definition) is 9. The van der Waals surface area contributed by atoms with Crippen LogP contribution in [0.3, 0.4) is 0 Å². The fraction of sp³-hybridized carbons (Fsp3) is 0.478. The van der Waals surface area contributed by atoms with Gasteiger partial charge in [0.1, 0.15) is 16.8 Å². The van der Waals surface area contributed by atoms with Gasteiger partial charge in [-0.3, -0.25) is 23.5 Å². The van der Waals surface area contributed by atoms with Gasteiger partial charge in [-0.25, -0.2) is 4.79 Å². The molecule has 2 amide bonds. The first-order valence-electron chi connectivity index (χ1n) is 10.7. The van der Waals surface area contributed by atoms with Crippen LogP contribution in [0, 0.1) is 5.41 Å². The second kappa shape index (κ2) is 10.6. The van der Waals surface area contributed by atoms with Crippen LogP contribution in [0.2, 0.25) is 0 Å². The summed E-state index contributed by atoms with van der Waals surface area (Å²) in [5.41, 5.74) is -0.832. The molecule has 12 heteroatoms. The predicted octanol–water partition coefficient (Wildman–Crippen LogP) is 0.817. The summed E-state index contributed by atoms with van der Waals surface area (Å²) in [7, 11) is -0.551. The quantitative estimate of drug-likeness (QED) is 0.307. The van der Waals surface area contributed by atoms with Gasteiger partial charge in [-0.05, 0) is 45.4 Å². The van der Waals surface area contributed by atoms with Gasteiger partial charge in [0, 0.05) is 7.11 Å². The van der Waals surface area contributed by atoms with E-state index in [1.165, 1.54) is 14.0 Å². The highest BCUT2D eigenvalue weighted by molar-refractivity contribution is 7.86. The standard InChI is InChI=1S/C23H28N2O9S/c1-13-16(21(28)33-12-34-22(29)23(2,3)4)25-19(27)17(31-5)20(25)35(30)18(13)24-15(26)11-32-14-9-7-6-8-10-14/h6-10,17-18,20H,11-12H2,1-5H3,(H,24,26)/t17?,18?,20-,35?/m1/s1. The second-order valence-corrected chi connectivity index (χ2v) is 10.5. The number of ether oxygens (including phenoxy) is 4. The van der Waals surface area contributed by atoms with Crippen LogP contribution >= 0.6 is 0 Å². The van der Waals surface area contributed by atoms with Gasteiger partial charge in [0.25, 0.3) is 11.8 Å². The highest BCUT2D eigenvalue weighted by Gasteiger charge is 2.59. The van der Waals surface area contributed by atoms with Crippen LogP contribution in [0.25, 0.3) is 0 Å². The van der Waals surface area contributed by atoms with E-state index >= 15 is 0 Å². The van der Waals surface area contributed by atoms with Gasteiger partial charge in [-0.1, -0.05) is 18.2 Å². The number of amides is 2. The molecule has 2 heterocycles. The Hall–Kier alpha value is -3.25. The maximum Gasteiger partial charge on any atom is 0.358 e. The molecule has 1 fully saturated rings. The Morgan fingerprint density at radius 3 is 2.37 bits per heavy atom. The minimum Gasteiger partial charge on any atom is -0.484 e. The summed E-state index contributed by atoms with van der Waals surface area (Å²) >= 11 is 0. The fourth-order valence-corrected chi connectivity index (χ4v) is 5.32. The molecular weight excluding hydrogens is 480 g/mol. The van der Waals surface area contributed by atoms with Crippen molar-refractivity contribution in [1.29, 1.82) is 0 Å². The minimum atomic E-state index is -1.84. The third-order valence-corrected chi connectivity index (χ3v) is 7.19. The Bertz CT molecular complexity index is 1060. The van der Waals surface area contributed by atoms with Crippen molar-refractivity contribution in [2.45, 2.75) is 44.5 Å². The van der Waals surface area contributed by atoms with Gasteiger partial charge in [0.2, 0.25) is 6.79 Å². The summed E-state index contributed by atoms with van der Waals surface area (Å²) in [6, 6.07) is 8.66. The molecule has 1 N–H and O–H groups in total. The Balaban J connectivity index is 1.77. The van der Waals surface area contributed by atoms with Gasteiger partial charge in [-0.2, -0.15) is 0 Å². The van der Waals surface area contributed by atoms with E-state index in [0.717, 1.165) is 4.90 Å². The maximum absolute atomic E-state index is 13.2. The molecule has 1 aromatic rings. The molecule has 0 aliphatic carbocycles. The first kappa shape index (κ1) is 26.4. The lowest BCUT2D eigenvalue weighted by atomic mass is 9.98. The van der Waals surface area contributed by atoms with E-state index in [9.17, 15) is 23.4 Å². The van der Waals surface area contributed by atoms with Crippen molar-refractivity contribution in [3.8, 4) is 5.75 Å². The van der Waals surface area contributed by atoms with Crippen LogP contribution in [-0.2, 0) is 44.2 Å². The molecule has 0 saturated carbocycles. The number of β-lactam (4-membered cyclic amide) rings is 1. The molecule has 0 aromatic heterocycles. The molecule has 0 radical (unpaired) electrons. The highest BCUT2D eigenvalue weighted by Crippen LogP contribution is 2.38. The summed E-state index contributed by atoms with van der Waals surface area (Å²) in [6.07, 6.45) is -1.05. The zero-order valence-electron chi connectivity index (χ0n) is 20.1. The van der Waals surface area contributed by atoms with Gasteiger partial charge < -0.3 is 24.3 Å². The minimum absolute atomic E-state index is 0.155. The number of carbonyl (C=O) groups excluding carboxylic acids is 4. The molecule has 190 valence electrons. The van der Waals surface area contributed by atoms with E-state index in [1.54, 1.807) is 51.1 Å². The van der Waals surface area contributed by atoms with Crippen molar-refractivity contribution in [2.75, 3.05) is 20.5 Å². The zero-order chi connectivity index (χ0) is 25.9. The number of hydrogen-bond donors (Lipinski definition) is 1. The van der Waals surface area contributed by atoms with Crippen LogP contribution in [0.5, 0.6) is 5.75 Å². The number of esters is 2. The molecule has 3 unspecified atom stereocenters. The fourth-order valence-electron chi connectivity index (χ4n) is 3.45. The summed E-state index contributed by atoms with van der Waals surface area (Å²) in [5.74, 6) is -2.22. The monoisotopic (exact) mass is 508 g/mol. The van der Waals surface area contributed by atoms with E-state index < -0.39 is 63.6 Å². The molecule has 0 bridgehead atoms. The molecule has 4 atom stereocenters.